The fourth-order valence-electron chi connectivity index (χ4n) is 3.09. The third-order valence-corrected chi connectivity index (χ3v) is 4.36. The van der Waals surface area contributed by atoms with Crippen molar-refractivity contribution >= 4 is 5.97 Å². The maximum absolute atomic E-state index is 12.3. The number of allylic oxidation sites excluding steroid dienone is 2. The van der Waals surface area contributed by atoms with Crippen LogP contribution in [0.4, 0.5) is 0 Å². The Balaban J connectivity index is 2.07. The first-order valence-electron chi connectivity index (χ1n) is 8.09. The largest absolute Gasteiger partial charge is 0.466 e. The minimum absolute atomic E-state index is 0.00906. The van der Waals surface area contributed by atoms with E-state index >= 15 is 0 Å². The summed E-state index contributed by atoms with van der Waals surface area (Å²) in [5.41, 5.74) is 9.26. The fourth-order valence-corrected chi connectivity index (χ4v) is 3.09. The average Bonchev–Trinajstić information content (AvgIpc) is 2.68. The van der Waals surface area contributed by atoms with Crippen LogP contribution in [0, 0.1) is 11.3 Å². The number of ether oxygens (including phenoxy) is 2. The molecule has 26 heavy (non-hydrogen) atoms. The highest BCUT2D eigenvalue weighted by atomic mass is 16.5. The zero-order chi connectivity index (χ0) is 18.7. The Hall–Kier alpha value is -3.52. The molecule has 1 aliphatic heterocycles. The van der Waals surface area contributed by atoms with Gasteiger partial charge in [-0.25, -0.2) is 4.79 Å². The highest BCUT2D eigenvalue weighted by molar-refractivity contribution is 5.92. The predicted molar refractivity (Wildman–Crippen MR) is 97.2 cm³/mol. The Labute approximate surface area is 152 Å². The molecular weight excluding hydrogens is 328 g/mol. The van der Waals surface area contributed by atoms with Gasteiger partial charge in [0.2, 0.25) is 5.88 Å². The molecule has 2 N–H and O–H groups in total. The van der Waals surface area contributed by atoms with Crippen LogP contribution in [0.25, 0.3) is 11.1 Å². The van der Waals surface area contributed by atoms with Gasteiger partial charge in [-0.3, -0.25) is 0 Å². The van der Waals surface area contributed by atoms with E-state index in [-0.39, 0.29) is 17.0 Å². The molecule has 0 radical (unpaired) electrons. The van der Waals surface area contributed by atoms with E-state index in [1.54, 1.807) is 6.92 Å². The van der Waals surface area contributed by atoms with Gasteiger partial charge in [0, 0.05) is 0 Å². The van der Waals surface area contributed by atoms with Crippen LogP contribution in [-0.2, 0) is 14.3 Å². The van der Waals surface area contributed by atoms with Gasteiger partial charge >= 0.3 is 5.97 Å². The van der Waals surface area contributed by atoms with Crippen molar-refractivity contribution in [1.82, 2.24) is 0 Å². The molecule has 0 aromatic heterocycles. The van der Waals surface area contributed by atoms with Crippen molar-refractivity contribution in [3.05, 3.63) is 82.9 Å². The Kier molecular flexibility index (Phi) is 4.76. The molecule has 1 unspecified atom stereocenters. The fraction of sp³-hybridized carbons (Fsp3) is 0.143. The first kappa shape index (κ1) is 17.3. The van der Waals surface area contributed by atoms with Crippen LogP contribution in [0.5, 0.6) is 0 Å². The summed E-state index contributed by atoms with van der Waals surface area (Å²) in [6.45, 7) is 1.64. The molecule has 1 aliphatic rings. The molecule has 0 spiro atoms. The van der Waals surface area contributed by atoms with Crippen molar-refractivity contribution < 1.29 is 14.3 Å². The van der Waals surface area contributed by atoms with E-state index in [4.69, 9.17) is 15.2 Å². The van der Waals surface area contributed by atoms with Gasteiger partial charge < -0.3 is 15.2 Å². The van der Waals surface area contributed by atoms with Gasteiger partial charge in [-0.05, 0) is 23.6 Å². The average molecular weight is 346 g/mol. The minimum atomic E-state index is -0.619. The second-order valence-electron chi connectivity index (χ2n) is 5.87. The summed E-state index contributed by atoms with van der Waals surface area (Å²) in [5.74, 6) is -0.814. The van der Waals surface area contributed by atoms with Crippen LogP contribution in [0.3, 0.4) is 0 Å². The minimum Gasteiger partial charge on any atom is -0.466 e. The summed E-state index contributed by atoms with van der Waals surface area (Å²) in [6, 6.07) is 19.7. The third-order valence-electron chi connectivity index (χ3n) is 4.36. The Morgan fingerprint density at radius 2 is 1.73 bits per heavy atom. The van der Waals surface area contributed by atoms with Gasteiger partial charge in [-0.15, -0.1) is 0 Å². The number of benzene rings is 2. The summed E-state index contributed by atoms with van der Waals surface area (Å²) >= 11 is 0. The maximum Gasteiger partial charge on any atom is 0.338 e. The molecule has 0 saturated heterocycles. The SMILES string of the molecule is COC(=O)C1=C(C)OC(N)=C(C#N)C1c1ccc(-c2ccccc2)cc1. The van der Waals surface area contributed by atoms with Crippen LogP contribution < -0.4 is 5.73 Å². The second-order valence-corrected chi connectivity index (χ2v) is 5.87. The number of carbonyl (C=O) groups is 1. The molecule has 2 aromatic carbocycles. The lowest BCUT2D eigenvalue weighted by Crippen LogP contribution is -2.25. The van der Waals surface area contributed by atoms with Crippen molar-refractivity contribution in [1.29, 1.82) is 5.26 Å². The van der Waals surface area contributed by atoms with E-state index in [1.807, 2.05) is 54.6 Å². The molecule has 1 heterocycles. The number of nitrogens with zero attached hydrogens (tertiary/aromatic N) is 1. The zero-order valence-electron chi connectivity index (χ0n) is 14.5. The van der Waals surface area contributed by atoms with E-state index in [0.717, 1.165) is 16.7 Å². The molecule has 3 rings (SSSR count). The van der Waals surface area contributed by atoms with Gasteiger partial charge in [-0.1, -0.05) is 54.6 Å². The Bertz CT molecular complexity index is 935. The maximum atomic E-state index is 12.3. The van der Waals surface area contributed by atoms with Crippen molar-refractivity contribution in [2.45, 2.75) is 12.8 Å². The number of hydrogen-bond acceptors (Lipinski definition) is 5. The summed E-state index contributed by atoms with van der Waals surface area (Å²) in [5, 5.41) is 9.54. The van der Waals surface area contributed by atoms with Gasteiger partial charge in [0.05, 0.1) is 18.6 Å². The summed E-state index contributed by atoms with van der Waals surface area (Å²) < 4.78 is 10.3. The second kappa shape index (κ2) is 7.16. The number of esters is 1. The van der Waals surface area contributed by atoms with E-state index in [0.29, 0.717) is 5.76 Å². The van der Waals surface area contributed by atoms with Crippen LogP contribution in [0.15, 0.2) is 77.4 Å². The number of carbonyl (C=O) groups excluding carboxylic acids is 1. The van der Waals surface area contributed by atoms with Gasteiger partial charge in [0.15, 0.2) is 0 Å². The molecule has 1 atom stereocenters. The summed E-state index contributed by atoms with van der Waals surface area (Å²) in [6.07, 6.45) is 0. The van der Waals surface area contributed by atoms with E-state index in [9.17, 15) is 10.1 Å². The zero-order valence-corrected chi connectivity index (χ0v) is 14.5. The van der Waals surface area contributed by atoms with Crippen LogP contribution in [0.2, 0.25) is 0 Å². The molecule has 0 bridgehead atoms. The third kappa shape index (κ3) is 3.05. The number of hydrogen-bond donors (Lipinski definition) is 1. The molecule has 5 heteroatoms. The first-order chi connectivity index (χ1) is 12.6. The lowest BCUT2D eigenvalue weighted by Gasteiger charge is -2.26. The van der Waals surface area contributed by atoms with Crippen molar-refractivity contribution in [3.63, 3.8) is 0 Å². The molecular formula is C21H18N2O3. The van der Waals surface area contributed by atoms with E-state index < -0.39 is 11.9 Å². The number of nitrogens with two attached hydrogens (primary N) is 1. The standard InChI is InChI=1S/C21H18N2O3/c1-13-18(21(24)25-2)19(17(12-22)20(23)26-13)16-10-8-15(9-11-16)14-6-4-3-5-7-14/h3-11,19H,23H2,1-2H3. The molecule has 2 aromatic rings. The monoisotopic (exact) mass is 346 g/mol. The van der Waals surface area contributed by atoms with E-state index in [2.05, 4.69) is 6.07 Å². The van der Waals surface area contributed by atoms with Gasteiger partial charge in [0.1, 0.15) is 17.4 Å². The molecule has 0 aliphatic carbocycles. The van der Waals surface area contributed by atoms with Gasteiger partial charge in [0.25, 0.3) is 0 Å². The van der Waals surface area contributed by atoms with Crippen molar-refractivity contribution in [2.24, 2.45) is 5.73 Å². The first-order valence-corrected chi connectivity index (χ1v) is 8.09. The smallest absolute Gasteiger partial charge is 0.338 e. The number of rotatable bonds is 3. The molecule has 130 valence electrons. The quantitative estimate of drug-likeness (QED) is 0.858. The predicted octanol–water partition coefficient (Wildman–Crippen LogP) is 3.61. The topological polar surface area (TPSA) is 85.3 Å². The molecule has 5 nitrogen and oxygen atoms in total. The molecule has 0 fully saturated rings. The van der Waals surface area contributed by atoms with Crippen LogP contribution in [-0.4, -0.2) is 13.1 Å². The van der Waals surface area contributed by atoms with Crippen LogP contribution in [0.1, 0.15) is 18.4 Å². The highest BCUT2D eigenvalue weighted by Gasteiger charge is 2.35. The lowest BCUT2D eigenvalue weighted by molar-refractivity contribution is -0.136. The van der Waals surface area contributed by atoms with Crippen molar-refractivity contribution in [3.8, 4) is 17.2 Å². The molecule has 0 amide bonds. The Morgan fingerprint density at radius 3 is 2.31 bits per heavy atom. The lowest BCUT2D eigenvalue weighted by atomic mass is 9.82. The Morgan fingerprint density at radius 1 is 1.12 bits per heavy atom. The van der Waals surface area contributed by atoms with Crippen molar-refractivity contribution in [2.75, 3.05) is 7.11 Å². The number of methoxy groups -OCH3 is 1. The normalized spacial score (nSPS) is 16.7. The summed E-state index contributed by atoms with van der Waals surface area (Å²) in [7, 11) is 1.30. The summed E-state index contributed by atoms with van der Waals surface area (Å²) in [4.78, 5) is 12.3. The van der Waals surface area contributed by atoms with Crippen LogP contribution >= 0.6 is 0 Å². The highest BCUT2D eigenvalue weighted by Crippen LogP contribution is 2.39. The van der Waals surface area contributed by atoms with E-state index in [1.165, 1.54) is 7.11 Å². The van der Waals surface area contributed by atoms with Gasteiger partial charge in [-0.2, -0.15) is 5.26 Å². The number of nitriles is 1. The molecule has 0 saturated carbocycles.